The van der Waals surface area contributed by atoms with E-state index in [1.807, 2.05) is 18.7 Å². The number of thioether (sulfide) groups is 1. The van der Waals surface area contributed by atoms with Gasteiger partial charge in [-0.05, 0) is 6.92 Å². The Morgan fingerprint density at radius 1 is 1.53 bits per heavy atom. The molecule has 0 amide bonds. The molecular formula is C12H18N6S. The van der Waals surface area contributed by atoms with Crippen molar-refractivity contribution in [2.45, 2.75) is 19.1 Å². The highest BCUT2D eigenvalue weighted by molar-refractivity contribution is 8.00. The maximum Gasteiger partial charge on any atom is 0.226 e. The highest BCUT2D eigenvalue weighted by Gasteiger charge is 2.21. The number of rotatable bonds is 3. The van der Waals surface area contributed by atoms with Crippen LogP contribution in [0.4, 0.5) is 11.8 Å². The molecule has 1 saturated heterocycles. The fraction of sp³-hybridized carbons (Fsp3) is 0.583. The highest BCUT2D eigenvalue weighted by atomic mass is 32.2. The van der Waals surface area contributed by atoms with Crippen LogP contribution in [0.1, 0.15) is 13.8 Å². The van der Waals surface area contributed by atoms with E-state index in [1.54, 1.807) is 6.33 Å². The second-order valence-corrected chi connectivity index (χ2v) is 6.18. The maximum absolute atomic E-state index is 4.64. The summed E-state index contributed by atoms with van der Waals surface area (Å²) in [4.78, 5) is 18.8. The van der Waals surface area contributed by atoms with E-state index in [1.165, 1.54) is 0 Å². The molecule has 1 unspecified atom stereocenters. The van der Waals surface area contributed by atoms with E-state index in [4.69, 9.17) is 0 Å². The molecule has 0 spiro atoms. The van der Waals surface area contributed by atoms with Gasteiger partial charge in [0, 0.05) is 30.6 Å². The Morgan fingerprint density at radius 3 is 3.21 bits per heavy atom. The van der Waals surface area contributed by atoms with Crippen molar-refractivity contribution >= 4 is 34.7 Å². The Kier molecular flexibility index (Phi) is 3.46. The Labute approximate surface area is 116 Å². The van der Waals surface area contributed by atoms with Crippen LogP contribution < -0.4 is 10.2 Å². The van der Waals surface area contributed by atoms with Gasteiger partial charge in [-0.3, -0.25) is 0 Å². The summed E-state index contributed by atoms with van der Waals surface area (Å²) < 4.78 is 0. The summed E-state index contributed by atoms with van der Waals surface area (Å²) in [5.41, 5.74) is 1.66. The first-order chi connectivity index (χ1) is 9.28. The van der Waals surface area contributed by atoms with Gasteiger partial charge in [0.1, 0.15) is 5.52 Å². The molecule has 19 heavy (non-hydrogen) atoms. The standard InChI is InChI=1S/C12H18N6S/c1-3-13-12-16-10-9(14-7-15-10)11(17-12)18-4-5-19-8(2)6-18/h7-8H,3-6H2,1-2H3,(H2,13,14,15,16,17). The van der Waals surface area contributed by atoms with Gasteiger partial charge in [0.05, 0.1) is 6.33 Å². The third-order valence-corrected chi connectivity index (χ3v) is 4.28. The Hall–Kier alpha value is -1.50. The molecule has 0 bridgehead atoms. The zero-order chi connectivity index (χ0) is 13.2. The number of nitrogens with one attached hydrogen (secondary N) is 2. The van der Waals surface area contributed by atoms with E-state index in [-0.39, 0.29) is 0 Å². The van der Waals surface area contributed by atoms with E-state index in [0.717, 1.165) is 42.4 Å². The molecule has 2 aromatic heterocycles. The third-order valence-electron chi connectivity index (χ3n) is 3.14. The lowest BCUT2D eigenvalue weighted by molar-refractivity contribution is 0.772. The van der Waals surface area contributed by atoms with Crippen LogP contribution >= 0.6 is 11.8 Å². The number of anilines is 2. The molecule has 0 aliphatic carbocycles. The van der Waals surface area contributed by atoms with Crippen molar-refractivity contribution in [1.29, 1.82) is 0 Å². The van der Waals surface area contributed by atoms with Crippen LogP contribution in [0.2, 0.25) is 0 Å². The van der Waals surface area contributed by atoms with Crippen LogP contribution in [0, 0.1) is 0 Å². The van der Waals surface area contributed by atoms with Crippen molar-refractivity contribution in [3.8, 4) is 0 Å². The van der Waals surface area contributed by atoms with Crippen LogP contribution in [-0.4, -0.2) is 50.6 Å². The SMILES string of the molecule is CCNc1nc(N2CCSC(C)C2)c2[nH]cnc2n1. The molecule has 1 fully saturated rings. The number of nitrogens with zero attached hydrogens (tertiary/aromatic N) is 4. The van der Waals surface area contributed by atoms with E-state index in [9.17, 15) is 0 Å². The second kappa shape index (κ2) is 5.24. The molecule has 0 radical (unpaired) electrons. The van der Waals surface area contributed by atoms with E-state index in [0.29, 0.717) is 11.2 Å². The van der Waals surface area contributed by atoms with Gasteiger partial charge in [0.2, 0.25) is 5.95 Å². The van der Waals surface area contributed by atoms with E-state index in [2.05, 4.69) is 37.1 Å². The molecule has 7 heteroatoms. The van der Waals surface area contributed by atoms with Gasteiger partial charge in [-0.15, -0.1) is 0 Å². The summed E-state index contributed by atoms with van der Waals surface area (Å²) in [6.07, 6.45) is 1.68. The molecule has 0 aromatic carbocycles. The lowest BCUT2D eigenvalue weighted by atomic mass is 10.3. The molecular weight excluding hydrogens is 260 g/mol. The largest absolute Gasteiger partial charge is 0.354 e. The summed E-state index contributed by atoms with van der Waals surface area (Å²) >= 11 is 2.01. The van der Waals surface area contributed by atoms with Gasteiger partial charge in [-0.1, -0.05) is 6.92 Å². The monoisotopic (exact) mass is 278 g/mol. The van der Waals surface area contributed by atoms with E-state index < -0.39 is 0 Å². The number of hydrogen-bond acceptors (Lipinski definition) is 6. The quantitative estimate of drug-likeness (QED) is 0.891. The first-order valence-corrected chi connectivity index (χ1v) is 7.64. The van der Waals surface area contributed by atoms with Crippen LogP contribution in [0.15, 0.2) is 6.33 Å². The zero-order valence-electron chi connectivity index (χ0n) is 11.2. The van der Waals surface area contributed by atoms with Crippen molar-refractivity contribution in [1.82, 2.24) is 19.9 Å². The zero-order valence-corrected chi connectivity index (χ0v) is 12.0. The minimum Gasteiger partial charge on any atom is -0.354 e. The lowest BCUT2D eigenvalue weighted by Gasteiger charge is -2.31. The number of aromatic amines is 1. The molecule has 102 valence electrons. The Balaban J connectivity index is 2.02. The summed E-state index contributed by atoms with van der Waals surface area (Å²) in [6.45, 7) is 7.14. The fourth-order valence-electron chi connectivity index (χ4n) is 2.29. The molecule has 3 heterocycles. The van der Waals surface area contributed by atoms with Gasteiger partial charge < -0.3 is 15.2 Å². The maximum atomic E-state index is 4.64. The first kappa shape index (κ1) is 12.5. The van der Waals surface area contributed by atoms with Gasteiger partial charge >= 0.3 is 0 Å². The average molecular weight is 278 g/mol. The summed E-state index contributed by atoms with van der Waals surface area (Å²) in [5, 5.41) is 3.80. The van der Waals surface area contributed by atoms with Crippen molar-refractivity contribution in [2.75, 3.05) is 35.6 Å². The third kappa shape index (κ3) is 2.47. The predicted molar refractivity (Wildman–Crippen MR) is 80.0 cm³/mol. The van der Waals surface area contributed by atoms with Gasteiger partial charge in [-0.25, -0.2) is 4.98 Å². The fourth-order valence-corrected chi connectivity index (χ4v) is 3.31. The molecule has 3 rings (SSSR count). The molecule has 1 aliphatic rings. The predicted octanol–water partition coefficient (Wildman–Crippen LogP) is 1.73. The number of fused-ring (bicyclic) bond motifs is 1. The van der Waals surface area contributed by atoms with Crippen LogP contribution in [0.3, 0.4) is 0 Å². The molecule has 2 N–H and O–H groups in total. The summed E-state index contributed by atoms with van der Waals surface area (Å²) in [6, 6.07) is 0. The molecule has 6 nitrogen and oxygen atoms in total. The molecule has 1 aliphatic heterocycles. The number of imidazole rings is 1. The smallest absolute Gasteiger partial charge is 0.226 e. The van der Waals surface area contributed by atoms with Crippen LogP contribution in [0.5, 0.6) is 0 Å². The number of aromatic nitrogens is 4. The Morgan fingerprint density at radius 2 is 2.42 bits per heavy atom. The normalized spacial score (nSPS) is 19.9. The molecule has 2 aromatic rings. The van der Waals surface area contributed by atoms with Crippen molar-refractivity contribution in [2.24, 2.45) is 0 Å². The minimum atomic E-state index is 0.629. The first-order valence-electron chi connectivity index (χ1n) is 6.59. The topological polar surface area (TPSA) is 69.7 Å². The lowest BCUT2D eigenvalue weighted by Crippen LogP contribution is -2.37. The van der Waals surface area contributed by atoms with Crippen LogP contribution in [0.25, 0.3) is 11.2 Å². The second-order valence-electron chi connectivity index (χ2n) is 4.63. The summed E-state index contributed by atoms with van der Waals surface area (Å²) in [5.74, 6) is 2.76. The highest BCUT2D eigenvalue weighted by Crippen LogP contribution is 2.27. The number of H-pyrrole nitrogens is 1. The van der Waals surface area contributed by atoms with E-state index >= 15 is 0 Å². The minimum absolute atomic E-state index is 0.629. The molecule has 0 saturated carbocycles. The van der Waals surface area contributed by atoms with Crippen molar-refractivity contribution in [3.05, 3.63) is 6.33 Å². The van der Waals surface area contributed by atoms with Gasteiger partial charge in [0.25, 0.3) is 0 Å². The van der Waals surface area contributed by atoms with Crippen LogP contribution in [-0.2, 0) is 0 Å². The summed E-state index contributed by atoms with van der Waals surface area (Å²) in [7, 11) is 0. The Bertz CT molecular complexity index is 568. The molecule has 1 atom stereocenters. The van der Waals surface area contributed by atoms with Crippen molar-refractivity contribution in [3.63, 3.8) is 0 Å². The average Bonchev–Trinajstić information content (AvgIpc) is 2.86. The number of hydrogen-bond donors (Lipinski definition) is 2. The van der Waals surface area contributed by atoms with Crippen molar-refractivity contribution < 1.29 is 0 Å². The van der Waals surface area contributed by atoms with Gasteiger partial charge in [-0.2, -0.15) is 21.7 Å². The van der Waals surface area contributed by atoms with Gasteiger partial charge in [0.15, 0.2) is 11.5 Å².